The van der Waals surface area contributed by atoms with Crippen LogP contribution in [0.15, 0.2) is 76.1 Å². The highest BCUT2D eigenvalue weighted by molar-refractivity contribution is 9.10. The van der Waals surface area contributed by atoms with Crippen LogP contribution in [0.5, 0.6) is 0 Å². The third-order valence-electron chi connectivity index (χ3n) is 4.41. The quantitative estimate of drug-likeness (QED) is 0.403. The fraction of sp³-hybridized carbons (Fsp3) is 0.0952. The first kappa shape index (κ1) is 21.0. The molecule has 158 valence electrons. The molecule has 4 rings (SSSR count). The van der Waals surface area contributed by atoms with Gasteiger partial charge >= 0.3 is 0 Å². The van der Waals surface area contributed by atoms with Gasteiger partial charge in [0.1, 0.15) is 4.90 Å². The maximum absolute atomic E-state index is 12.6. The number of aromatic nitrogens is 4. The van der Waals surface area contributed by atoms with Crippen LogP contribution < -0.4 is 10.0 Å². The van der Waals surface area contributed by atoms with Crippen LogP contribution >= 0.6 is 15.9 Å². The smallest absolute Gasteiger partial charge is 0.263 e. The second-order valence-electron chi connectivity index (χ2n) is 6.85. The van der Waals surface area contributed by atoms with E-state index in [-0.39, 0.29) is 4.90 Å². The van der Waals surface area contributed by atoms with E-state index in [9.17, 15) is 8.42 Å². The van der Waals surface area contributed by atoms with Crippen LogP contribution in [0, 0.1) is 13.8 Å². The molecule has 0 saturated heterocycles. The van der Waals surface area contributed by atoms with Crippen LogP contribution in [0.25, 0.3) is 5.82 Å². The Hall–Kier alpha value is -3.24. The summed E-state index contributed by atoms with van der Waals surface area (Å²) in [5.74, 6) is 1.19. The molecular formula is C21H19BrN6O2S. The average molecular weight is 499 g/mol. The van der Waals surface area contributed by atoms with E-state index in [1.165, 1.54) is 6.07 Å². The fourth-order valence-electron chi connectivity index (χ4n) is 3.01. The van der Waals surface area contributed by atoms with E-state index >= 15 is 0 Å². The Bertz CT molecular complexity index is 1320. The molecule has 0 aliphatic heterocycles. The fourth-order valence-corrected chi connectivity index (χ4v) is 5.07. The van der Waals surface area contributed by atoms with Crippen LogP contribution in [-0.2, 0) is 10.0 Å². The van der Waals surface area contributed by atoms with E-state index in [0.717, 1.165) is 17.1 Å². The Kier molecular flexibility index (Phi) is 5.75. The van der Waals surface area contributed by atoms with E-state index in [2.05, 4.69) is 41.3 Å². The first-order valence-corrected chi connectivity index (χ1v) is 11.6. The molecule has 0 aliphatic rings. The van der Waals surface area contributed by atoms with Crippen molar-refractivity contribution >= 4 is 43.1 Å². The molecule has 0 amide bonds. The van der Waals surface area contributed by atoms with Crippen LogP contribution in [-0.4, -0.2) is 28.4 Å². The van der Waals surface area contributed by atoms with Crippen molar-refractivity contribution in [1.82, 2.24) is 20.0 Å². The number of benzene rings is 2. The lowest BCUT2D eigenvalue weighted by Crippen LogP contribution is -2.13. The highest BCUT2D eigenvalue weighted by atomic mass is 79.9. The standard InChI is InChI=1S/C21H19BrN6O2S/c1-14-13-15(2)28(26-14)21-12-11-20(24-25-21)23-16-7-9-17(10-8-16)27-31(29,30)19-6-4-3-5-18(19)22/h3-13,27H,1-2H3,(H,23,24). The van der Waals surface area contributed by atoms with Gasteiger partial charge < -0.3 is 5.32 Å². The molecule has 0 spiro atoms. The van der Waals surface area contributed by atoms with Crippen LogP contribution in [0.4, 0.5) is 17.2 Å². The molecule has 8 nitrogen and oxygen atoms in total. The Balaban J connectivity index is 1.45. The van der Waals surface area contributed by atoms with Crippen LogP contribution in [0.1, 0.15) is 11.4 Å². The van der Waals surface area contributed by atoms with Crippen LogP contribution in [0.2, 0.25) is 0 Å². The molecule has 2 aromatic heterocycles. The second-order valence-corrected chi connectivity index (χ2v) is 9.36. The molecule has 31 heavy (non-hydrogen) atoms. The van der Waals surface area contributed by atoms with E-state index < -0.39 is 10.0 Å². The van der Waals surface area contributed by atoms with Gasteiger partial charge in [-0.15, -0.1) is 10.2 Å². The van der Waals surface area contributed by atoms with Crippen molar-refractivity contribution in [3.8, 4) is 5.82 Å². The first-order valence-electron chi connectivity index (χ1n) is 9.34. The van der Waals surface area contributed by atoms with Gasteiger partial charge in [0, 0.05) is 21.5 Å². The third kappa shape index (κ3) is 4.75. The summed E-state index contributed by atoms with van der Waals surface area (Å²) in [6.45, 7) is 3.88. The topological polar surface area (TPSA) is 102 Å². The van der Waals surface area contributed by atoms with Crippen LogP contribution in [0.3, 0.4) is 0 Å². The summed E-state index contributed by atoms with van der Waals surface area (Å²) >= 11 is 3.27. The molecule has 10 heteroatoms. The average Bonchev–Trinajstić information content (AvgIpc) is 3.08. The van der Waals surface area contributed by atoms with Gasteiger partial charge in [-0.05, 0) is 84.4 Å². The van der Waals surface area contributed by atoms with Gasteiger partial charge in [-0.2, -0.15) is 5.10 Å². The number of aryl methyl sites for hydroxylation is 2. The highest BCUT2D eigenvalue weighted by Crippen LogP contribution is 2.25. The summed E-state index contributed by atoms with van der Waals surface area (Å²) in [6, 6.07) is 19.1. The Morgan fingerprint density at radius 3 is 2.23 bits per heavy atom. The molecule has 2 N–H and O–H groups in total. The molecule has 4 aromatic rings. The van der Waals surface area contributed by atoms with Crippen molar-refractivity contribution in [3.63, 3.8) is 0 Å². The SMILES string of the molecule is Cc1cc(C)n(-c2ccc(Nc3ccc(NS(=O)(=O)c4ccccc4Br)cc3)nn2)n1. The van der Waals surface area contributed by atoms with E-state index in [1.54, 1.807) is 47.1 Å². The summed E-state index contributed by atoms with van der Waals surface area (Å²) in [6.07, 6.45) is 0. The molecule has 0 saturated carbocycles. The molecule has 0 atom stereocenters. The molecule has 0 fully saturated rings. The number of sulfonamides is 1. The largest absolute Gasteiger partial charge is 0.339 e. The first-order chi connectivity index (χ1) is 14.8. The molecule has 2 heterocycles. The Morgan fingerprint density at radius 2 is 1.61 bits per heavy atom. The predicted octanol–water partition coefficient (Wildman–Crippen LogP) is 4.59. The van der Waals surface area contributed by atoms with Crippen molar-refractivity contribution in [2.24, 2.45) is 0 Å². The molecule has 0 radical (unpaired) electrons. The van der Waals surface area contributed by atoms with Gasteiger partial charge in [0.25, 0.3) is 10.0 Å². The minimum absolute atomic E-state index is 0.176. The molecule has 2 aromatic carbocycles. The van der Waals surface area contributed by atoms with Crippen molar-refractivity contribution in [3.05, 3.63) is 82.6 Å². The monoisotopic (exact) mass is 498 g/mol. The number of nitrogens with one attached hydrogen (secondary N) is 2. The van der Waals surface area contributed by atoms with Crippen molar-refractivity contribution < 1.29 is 8.42 Å². The normalized spacial score (nSPS) is 11.3. The van der Waals surface area contributed by atoms with Gasteiger partial charge in [0.05, 0.1) is 5.69 Å². The van der Waals surface area contributed by atoms with Gasteiger partial charge in [0.2, 0.25) is 0 Å². The summed E-state index contributed by atoms with van der Waals surface area (Å²) < 4.78 is 30.0. The van der Waals surface area contributed by atoms with Gasteiger partial charge in [-0.3, -0.25) is 4.72 Å². The maximum atomic E-state index is 12.6. The molecule has 0 bridgehead atoms. The molecule has 0 unspecified atom stereocenters. The molecule has 0 aliphatic carbocycles. The minimum Gasteiger partial charge on any atom is -0.339 e. The highest BCUT2D eigenvalue weighted by Gasteiger charge is 2.17. The van der Waals surface area contributed by atoms with Gasteiger partial charge in [0.15, 0.2) is 11.6 Å². The zero-order chi connectivity index (χ0) is 22.0. The summed E-state index contributed by atoms with van der Waals surface area (Å²) in [4.78, 5) is 0.176. The van der Waals surface area contributed by atoms with E-state index in [4.69, 9.17) is 0 Å². The zero-order valence-electron chi connectivity index (χ0n) is 16.7. The van der Waals surface area contributed by atoms with E-state index in [1.807, 2.05) is 32.0 Å². The number of rotatable bonds is 6. The molecular weight excluding hydrogens is 480 g/mol. The second kappa shape index (κ2) is 8.48. The summed E-state index contributed by atoms with van der Waals surface area (Å²) in [5, 5.41) is 16.0. The summed E-state index contributed by atoms with van der Waals surface area (Å²) in [7, 11) is -3.70. The number of halogens is 1. The van der Waals surface area contributed by atoms with Crippen molar-refractivity contribution in [2.75, 3.05) is 10.0 Å². The van der Waals surface area contributed by atoms with Crippen molar-refractivity contribution in [1.29, 1.82) is 0 Å². The van der Waals surface area contributed by atoms with Gasteiger partial charge in [-0.25, -0.2) is 13.1 Å². The minimum atomic E-state index is -3.70. The Morgan fingerprint density at radius 1 is 0.903 bits per heavy atom. The maximum Gasteiger partial charge on any atom is 0.263 e. The van der Waals surface area contributed by atoms with Gasteiger partial charge in [-0.1, -0.05) is 12.1 Å². The number of nitrogens with zero attached hydrogens (tertiary/aromatic N) is 4. The lowest BCUT2D eigenvalue weighted by Gasteiger charge is -2.11. The lowest BCUT2D eigenvalue weighted by atomic mass is 10.3. The predicted molar refractivity (Wildman–Crippen MR) is 123 cm³/mol. The summed E-state index contributed by atoms with van der Waals surface area (Å²) in [5.41, 5.74) is 3.09. The Labute approximate surface area is 188 Å². The number of hydrogen-bond donors (Lipinski definition) is 2. The van der Waals surface area contributed by atoms with Crippen molar-refractivity contribution in [2.45, 2.75) is 18.7 Å². The number of hydrogen-bond acceptors (Lipinski definition) is 6. The third-order valence-corrected chi connectivity index (χ3v) is 6.81. The zero-order valence-corrected chi connectivity index (χ0v) is 19.1. The lowest BCUT2D eigenvalue weighted by molar-refractivity contribution is 0.601. The number of anilines is 3. The van der Waals surface area contributed by atoms with E-state index in [0.29, 0.717) is 21.8 Å².